The lowest BCUT2D eigenvalue weighted by atomic mass is 9.79. The fourth-order valence-corrected chi connectivity index (χ4v) is 4.67. The van der Waals surface area contributed by atoms with E-state index in [0.717, 1.165) is 31.7 Å². The van der Waals surface area contributed by atoms with Gasteiger partial charge in [0.2, 0.25) is 5.91 Å². The second kappa shape index (κ2) is 11.1. The van der Waals surface area contributed by atoms with Crippen molar-refractivity contribution in [1.82, 2.24) is 10.4 Å². The number of hydrazine groups is 1. The molecule has 0 aromatic heterocycles. The van der Waals surface area contributed by atoms with Gasteiger partial charge in [-0.15, -0.1) is 0 Å². The van der Waals surface area contributed by atoms with E-state index in [4.69, 9.17) is 4.74 Å². The number of hydrogen-bond acceptors (Lipinski definition) is 6. The van der Waals surface area contributed by atoms with Crippen molar-refractivity contribution in [2.45, 2.75) is 70.3 Å². The van der Waals surface area contributed by atoms with E-state index < -0.39 is 4.92 Å². The molecule has 8 nitrogen and oxygen atoms in total. The molecule has 2 atom stereocenters. The van der Waals surface area contributed by atoms with Gasteiger partial charge in [-0.1, -0.05) is 18.9 Å². The van der Waals surface area contributed by atoms with E-state index in [1.165, 1.54) is 44.2 Å². The summed E-state index contributed by atoms with van der Waals surface area (Å²) in [5.41, 5.74) is 2.83. The highest BCUT2D eigenvalue weighted by Crippen LogP contribution is 2.34. The number of carbonyl (C=O) groups excluding carboxylic acids is 2. The first-order valence-corrected chi connectivity index (χ1v) is 11.0. The Morgan fingerprint density at radius 2 is 2.00 bits per heavy atom. The Kier molecular flexibility index (Phi) is 8.19. The van der Waals surface area contributed by atoms with Crippen molar-refractivity contribution < 1.29 is 19.2 Å². The molecule has 1 aliphatic heterocycles. The molecule has 30 heavy (non-hydrogen) atoms. The number of ether oxygens (including phenoxy) is 1. The zero-order valence-corrected chi connectivity index (χ0v) is 17.4. The molecule has 1 saturated carbocycles. The van der Waals surface area contributed by atoms with Crippen LogP contribution in [0.4, 0.5) is 5.69 Å². The number of rotatable bonds is 10. The van der Waals surface area contributed by atoms with Gasteiger partial charge in [0.05, 0.1) is 17.1 Å². The Morgan fingerprint density at radius 1 is 1.20 bits per heavy atom. The largest absolute Gasteiger partial charge is 0.487 e. The number of aldehydes is 1. The normalized spacial score (nSPS) is 21.5. The maximum absolute atomic E-state index is 12.3. The van der Waals surface area contributed by atoms with Crippen molar-refractivity contribution in [1.29, 1.82) is 0 Å². The van der Waals surface area contributed by atoms with Gasteiger partial charge in [-0.25, -0.2) is 5.01 Å². The van der Waals surface area contributed by atoms with Gasteiger partial charge in [0.25, 0.3) is 0 Å². The quantitative estimate of drug-likeness (QED) is 0.267. The summed E-state index contributed by atoms with van der Waals surface area (Å²) in [4.78, 5) is 33.9. The van der Waals surface area contributed by atoms with Crippen LogP contribution in [0.1, 0.15) is 74.6 Å². The van der Waals surface area contributed by atoms with Crippen LogP contribution in [0, 0.1) is 16.0 Å². The van der Waals surface area contributed by atoms with Gasteiger partial charge in [-0.3, -0.25) is 25.1 Å². The van der Waals surface area contributed by atoms with E-state index in [0.29, 0.717) is 31.8 Å². The number of piperidine rings is 1. The zero-order chi connectivity index (χ0) is 21.3. The lowest BCUT2D eigenvalue weighted by Gasteiger charge is -2.43. The fourth-order valence-electron chi connectivity index (χ4n) is 4.67. The minimum absolute atomic E-state index is 0.00656. The second-order valence-electron chi connectivity index (χ2n) is 8.21. The van der Waals surface area contributed by atoms with Gasteiger partial charge in [0, 0.05) is 19.0 Å². The molecule has 2 unspecified atom stereocenters. The van der Waals surface area contributed by atoms with Gasteiger partial charge < -0.3 is 4.74 Å². The molecule has 164 valence electrons. The van der Waals surface area contributed by atoms with Crippen molar-refractivity contribution in [2.24, 2.45) is 5.92 Å². The lowest BCUT2D eigenvalue weighted by molar-refractivity contribution is -0.386. The Morgan fingerprint density at radius 3 is 2.80 bits per heavy atom. The first-order valence-electron chi connectivity index (χ1n) is 11.0. The number of nitro benzene ring substituents is 1. The Balaban J connectivity index is 1.35. The molecule has 1 heterocycles. The predicted octanol–water partition coefficient (Wildman–Crippen LogP) is 4.03. The van der Waals surface area contributed by atoms with Gasteiger partial charge in [-0.2, -0.15) is 0 Å². The standard InChI is InChI=1S/C22H31N3O5/c26-16-18-9-6-12-20(22(18)25(28)29)30-15-5-1-2-13-21(27)23-24-14-7-10-17-8-3-4-11-19(17)24/h6,9,12,16-17,19H,1-5,7-8,10-11,13-15H2,(H,23,27). The van der Waals surface area contributed by atoms with Crippen molar-refractivity contribution in [3.8, 4) is 5.75 Å². The number of nitrogens with one attached hydrogen (secondary N) is 1. The minimum atomic E-state index is -0.596. The number of unbranched alkanes of at least 4 members (excludes halogenated alkanes) is 2. The molecule has 0 radical (unpaired) electrons. The maximum atomic E-state index is 12.3. The Labute approximate surface area is 177 Å². The molecule has 8 heteroatoms. The van der Waals surface area contributed by atoms with E-state index >= 15 is 0 Å². The minimum Gasteiger partial charge on any atom is -0.487 e. The predicted molar refractivity (Wildman–Crippen MR) is 112 cm³/mol. The summed E-state index contributed by atoms with van der Waals surface area (Å²) in [5.74, 6) is 0.901. The van der Waals surface area contributed by atoms with Gasteiger partial charge in [-0.05, 0) is 63.0 Å². The van der Waals surface area contributed by atoms with E-state index in [1.54, 1.807) is 6.07 Å². The number of hydrogen-bond donors (Lipinski definition) is 1. The summed E-state index contributed by atoms with van der Waals surface area (Å²) < 4.78 is 5.52. The van der Waals surface area contributed by atoms with Crippen LogP contribution in [0.5, 0.6) is 5.75 Å². The van der Waals surface area contributed by atoms with Gasteiger partial charge in [0.1, 0.15) is 0 Å². The molecule has 1 aliphatic carbocycles. The van der Waals surface area contributed by atoms with Gasteiger partial charge in [0.15, 0.2) is 12.0 Å². The fraction of sp³-hybridized carbons (Fsp3) is 0.636. The smallest absolute Gasteiger partial charge is 0.321 e. The Hall–Kier alpha value is -2.48. The first kappa shape index (κ1) is 22.2. The number of para-hydroxylation sites is 1. The molecule has 2 fully saturated rings. The molecule has 0 spiro atoms. The lowest BCUT2D eigenvalue weighted by Crippen LogP contribution is -2.55. The topological polar surface area (TPSA) is 102 Å². The first-order chi connectivity index (χ1) is 14.6. The van der Waals surface area contributed by atoms with Crippen LogP contribution in [0.25, 0.3) is 0 Å². The van der Waals surface area contributed by atoms with E-state index in [1.807, 2.05) is 0 Å². The molecule has 2 aliphatic rings. The van der Waals surface area contributed by atoms with Crippen LogP contribution in [0.3, 0.4) is 0 Å². The van der Waals surface area contributed by atoms with Crippen LogP contribution in [0.2, 0.25) is 0 Å². The van der Waals surface area contributed by atoms with Gasteiger partial charge >= 0.3 is 5.69 Å². The SMILES string of the molecule is O=Cc1cccc(OCCCCCC(=O)NN2CCCC3CCCCC32)c1[N+](=O)[O-]. The molecule has 1 aromatic rings. The third-order valence-corrected chi connectivity index (χ3v) is 6.16. The summed E-state index contributed by atoms with van der Waals surface area (Å²) in [6.07, 6.45) is 10.6. The highest BCUT2D eigenvalue weighted by atomic mass is 16.6. The highest BCUT2D eigenvalue weighted by Gasteiger charge is 2.33. The van der Waals surface area contributed by atoms with Crippen LogP contribution in [-0.2, 0) is 4.79 Å². The average Bonchev–Trinajstić information content (AvgIpc) is 2.76. The molecule has 1 N–H and O–H groups in total. The van der Waals surface area contributed by atoms with E-state index in [2.05, 4.69) is 10.4 Å². The number of benzene rings is 1. The zero-order valence-electron chi connectivity index (χ0n) is 17.4. The summed E-state index contributed by atoms with van der Waals surface area (Å²) in [7, 11) is 0. The summed E-state index contributed by atoms with van der Waals surface area (Å²) >= 11 is 0. The van der Waals surface area contributed by atoms with Crippen LogP contribution in [-0.4, -0.2) is 41.3 Å². The molecular formula is C22H31N3O5. The third-order valence-electron chi connectivity index (χ3n) is 6.16. The van der Waals surface area contributed by atoms with Crippen molar-refractivity contribution in [3.63, 3.8) is 0 Å². The van der Waals surface area contributed by atoms with E-state index in [9.17, 15) is 19.7 Å². The van der Waals surface area contributed by atoms with Crippen molar-refractivity contribution in [2.75, 3.05) is 13.2 Å². The van der Waals surface area contributed by atoms with Crippen LogP contribution >= 0.6 is 0 Å². The number of nitro groups is 1. The molecule has 1 amide bonds. The molecule has 1 saturated heterocycles. The highest BCUT2D eigenvalue weighted by molar-refractivity contribution is 5.83. The summed E-state index contributed by atoms with van der Waals surface area (Å²) in [5, 5.41) is 13.4. The molecular weight excluding hydrogens is 386 g/mol. The van der Waals surface area contributed by atoms with Crippen molar-refractivity contribution in [3.05, 3.63) is 33.9 Å². The van der Waals surface area contributed by atoms with Crippen molar-refractivity contribution >= 4 is 17.9 Å². The number of carbonyl (C=O) groups is 2. The number of amides is 1. The van der Waals surface area contributed by atoms with Crippen LogP contribution in [0.15, 0.2) is 18.2 Å². The van der Waals surface area contributed by atoms with E-state index in [-0.39, 0.29) is 22.9 Å². The number of fused-ring (bicyclic) bond motifs is 1. The average molecular weight is 418 g/mol. The summed E-state index contributed by atoms with van der Waals surface area (Å²) in [6.45, 7) is 1.25. The Bertz CT molecular complexity index is 752. The molecule has 0 bridgehead atoms. The third kappa shape index (κ3) is 5.78. The number of nitrogens with zero attached hydrogens (tertiary/aromatic N) is 2. The molecule has 1 aromatic carbocycles. The molecule has 3 rings (SSSR count). The second-order valence-corrected chi connectivity index (χ2v) is 8.21. The van der Waals surface area contributed by atoms with Crippen LogP contribution < -0.4 is 10.2 Å². The summed E-state index contributed by atoms with van der Waals surface area (Å²) in [6, 6.07) is 4.96. The monoisotopic (exact) mass is 417 g/mol. The maximum Gasteiger partial charge on any atom is 0.321 e.